The van der Waals surface area contributed by atoms with Crippen LogP contribution in [0.2, 0.25) is 0 Å². The molecular formula is C16H23FN2O2. The molecular weight excluding hydrogens is 271 g/mol. The van der Waals surface area contributed by atoms with Gasteiger partial charge in [-0.25, -0.2) is 9.18 Å². The zero-order valence-corrected chi connectivity index (χ0v) is 12.8. The molecule has 116 valence electrons. The Labute approximate surface area is 124 Å². The molecule has 0 unspecified atom stereocenters. The summed E-state index contributed by atoms with van der Waals surface area (Å²) in [6.45, 7) is 5.94. The van der Waals surface area contributed by atoms with Crippen LogP contribution in [0, 0.1) is 11.2 Å². The van der Waals surface area contributed by atoms with Crippen molar-refractivity contribution in [3.05, 3.63) is 29.6 Å². The van der Waals surface area contributed by atoms with Gasteiger partial charge in [0, 0.05) is 5.69 Å². The summed E-state index contributed by atoms with van der Waals surface area (Å²) in [6, 6.07) is 4.56. The van der Waals surface area contributed by atoms with Crippen LogP contribution in [0.5, 0.6) is 0 Å². The molecule has 1 aromatic rings. The van der Waals surface area contributed by atoms with Crippen LogP contribution in [0.15, 0.2) is 18.2 Å². The smallest absolute Gasteiger partial charge is 0.412 e. The fourth-order valence-electron chi connectivity index (χ4n) is 2.24. The SMILES string of the molecule is CC(C)(C)OC(=O)Nc1ccc(F)c(CC2(CN)CC2)c1. The Morgan fingerprint density at radius 2 is 2.10 bits per heavy atom. The average Bonchev–Trinajstić information content (AvgIpc) is 3.11. The predicted octanol–water partition coefficient (Wildman–Crippen LogP) is 3.45. The van der Waals surface area contributed by atoms with E-state index in [0.717, 1.165) is 12.8 Å². The lowest BCUT2D eigenvalue weighted by atomic mass is 9.96. The molecule has 0 aromatic heterocycles. The molecule has 0 spiro atoms. The van der Waals surface area contributed by atoms with Crippen LogP contribution < -0.4 is 11.1 Å². The number of carbonyl (C=O) groups excluding carboxylic acids is 1. The quantitative estimate of drug-likeness (QED) is 0.894. The summed E-state index contributed by atoms with van der Waals surface area (Å²) in [6.07, 6.45) is 2.14. The van der Waals surface area contributed by atoms with E-state index in [4.69, 9.17) is 10.5 Å². The highest BCUT2D eigenvalue weighted by Crippen LogP contribution is 2.47. The number of hydrogen-bond donors (Lipinski definition) is 2. The van der Waals surface area contributed by atoms with Crippen molar-refractivity contribution < 1.29 is 13.9 Å². The van der Waals surface area contributed by atoms with Gasteiger partial charge in [-0.05, 0) is 75.8 Å². The zero-order chi connectivity index (χ0) is 15.7. The van der Waals surface area contributed by atoms with Crippen molar-refractivity contribution in [3.63, 3.8) is 0 Å². The van der Waals surface area contributed by atoms with Crippen LogP contribution in [0.4, 0.5) is 14.9 Å². The number of ether oxygens (including phenoxy) is 1. The predicted molar refractivity (Wildman–Crippen MR) is 80.7 cm³/mol. The van der Waals surface area contributed by atoms with Gasteiger partial charge in [0.25, 0.3) is 0 Å². The molecule has 0 aliphatic heterocycles. The number of carbonyl (C=O) groups is 1. The molecule has 4 nitrogen and oxygen atoms in total. The van der Waals surface area contributed by atoms with Gasteiger partial charge in [-0.2, -0.15) is 0 Å². The third-order valence-electron chi connectivity index (χ3n) is 3.65. The van der Waals surface area contributed by atoms with Crippen molar-refractivity contribution in [1.29, 1.82) is 0 Å². The van der Waals surface area contributed by atoms with E-state index < -0.39 is 11.7 Å². The van der Waals surface area contributed by atoms with E-state index >= 15 is 0 Å². The van der Waals surface area contributed by atoms with Gasteiger partial charge in [-0.15, -0.1) is 0 Å². The summed E-state index contributed by atoms with van der Waals surface area (Å²) in [5, 5.41) is 2.63. The van der Waals surface area contributed by atoms with E-state index in [-0.39, 0.29) is 11.2 Å². The topological polar surface area (TPSA) is 64.3 Å². The standard InChI is InChI=1S/C16H23FN2O2/c1-15(2,3)21-14(20)19-12-4-5-13(17)11(8-12)9-16(10-18)6-7-16/h4-5,8H,6-7,9-10,18H2,1-3H3,(H,19,20). The largest absolute Gasteiger partial charge is 0.444 e. The maximum atomic E-state index is 13.9. The summed E-state index contributed by atoms with van der Waals surface area (Å²) in [4.78, 5) is 11.7. The van der Waals surface area contributed by atoms with Crippen LogP contribution in [0.3, 0.4) is 0 Å². The fraction of sp³-hybridized carbons (Fsp3) is 0.562. The molecule has 3 N–H and O–H groups in total. The summed E-state index contributed by atoms with van der Waals surface area (Å²) >= 11 is 0. The molecule has 1 amide bonds. The number of nitrogens with two attached hydrogens (primary N) is 1. The highest BCUT2D eigenvalue weighted by atomic mass is 19.1. The molecule has 1 aliphatic carbocycles. The number of benzene rings is 1. The van der Waals surface area contributed by atoms with Gasteiger partial charge in [-0.1, -0.05) is 0 Å². The van der Waals surface area contributed by atoms with E-state index in [0.29, 0.717) is 24.2 Å². The molecule has 0 heterocycles. The minimum absolute atomic E-state index is 0.0470. The van der Waals surface area contributed by atoms with Gasteiger partial charge < -0.3 is 10.5 Å². The Kier molecular flexibility index (Phi) is 4.23. The first-order chi connectivity index (χ1) is 9.73. The van der Waals surface area contributed by atoms with Gasteiger partial charge in [0.1, 0.15) is 11.4 Å². The number of nitrogens with one attached hydrogen (secondary N) is 1. The van der Waals surface area contributed by atoms with Gasteiger partial charge in [-0.3, -0.25) is 5.32 Å². The molecule has 5 heteroatoms. The van der Waals surface area contributed by atoms with Crippen molar-refractivity contribution in [2.45, 2.75) is 45.6 Å². The van der Waals surface area contributed by atoms with Gasteiger partial charge in [0.15, 0.2) is 0 Å². The molecule has 1 saturated carbocycles. The lowest BCUT2D eigenvalue weighted by molar-refractivity contribution is 0.0636. The minimum Gasteiger partial charge on any atom is -0.444 e. The second kappa shape index (κ2) is 5.64. The summed E-state index contributed by atoms with van der Waals surface area (Å²) in [5.41, 5.74) is 6.35. The molecule has 0 bridgehead atoms. The Hall–Kier alpha value is -1.62. The number of anilines is 1. The van der Waals surface area contributed by atoms with E-state index in [1.54, 1.807) is 26.8 Å². The molecule has 1 aromatic carbocycles. The van der Waals surface area contributed by atoms with Crippen molar-refractivity contribution in [2.24, 2.45) is 11.1 Å². The third kappa shape index (κ3) is 4.43. The number of halogens is 1. The lowest BCUT2D eigenvalue weighted by Crippen LogP contribution is -2.27. The van der Waals surface area contributed by atoms with Gasteiger partial charge in [0.05, 0.1) is 0 Å². The summed E-state index contributed by atoms with van der Waals surface area (Å²) in [5.74, 6) is -0.260. The van der Waals surface area contributed by atoms with Crippen LogP contribution in [0.1, 0.15) is 39.2 Å². The monoisotopic (exact) mass is 294 g/mol. The Morgan fingerprint density at radius 3 is 2.62 bits per heavy atom. The third-order valence-corrected chi connectivity index (χ3v) is 3.65. The Balaban J connectivity index is 2.06. The van der Waals surface area contributed by atoms with Crippen molar-refractivity contribution in [3.8, 4) is 0 Å². The normalized spacial score (nSPS) is 16.4. The average molecular weight is 294 g/mol. The van der Waals surface area contributed by atoms with Crippen molar-refractivity contribution >= 4 is 11.8 Å². The van der Waals surface area contributed by atoms with Crippen LogP contribution >= 0.6 is 0 Å². The van der Waals surface area contributed by atoms with E-state index in [9.17, 15) is 9.18 Å². The number of rotatable bonds is 4. The van der Waals surface area contributed by atoms with Crippen molar-refractivity contribution in [2.75, 3.05) is 11.9 Å². The number of amides is 1. The molecule has 21 heavy (non-hydrogen) atoms. The number of hydrogen-bond acceptors (Lipinski definition) is 3. The second-order valence-corrected chi connectivity index (χ2v) is 6.81. The summed E-state index contributed by atoms with van der Waals surface area (Å²) < 4.78 is 19.1. The van der Waals surface area contributed by atoms with Crippen LogP contribution in [0.25, 0.3) is 0 Å². The molecule has 0 atom stereocenters. The van der Waals surface area contributed by atoms with E-state index in [1.807, 2.05) is 0 Å². The summed E-state index contributed by atoms with van der Waals surface area (Å²) in [7, 11) is 0. The van der Waals surface area contributed by atoms with E-state index in [2.05, 4.69) is 5.32 Å². The second-order valence-electron chi connectivity index (χ2n) is 6.81. The maximum Gasteiger partial charge on any atom is 0.412 e. The molecule has 1 aliphatic rings. The Bertz CT molecular complexity index is 534. The minimum atomic E-state index is -0.565. The molecule has 1 fully saturated rings. The molecule has 2 rings (SSSR count). The first-order valence-electron chi connectivity index (χ1n) is 7.22. The van der Waals surface area contributed by atoms with Crippen molar-refractivity contribution in [1.82, 2.24) is 0 Å². The first kappa shape index (κ1) is 15.8. The highest BCUT2D eigenvalue weighted by Gasteiger charge is 2.41. The maximum absolute atomic E-state index is 13.9. The fourth-order valence-corrected chi connectivity index (χ4v) is 2.24. The highest BCUT2D eigenvalue weighted by molar-refractivity contribution is 5.84. The lowest BCUT2D eigenvalue weighted by Gasteiger charge is -2.20. The zero-order valence-electron chi connectivity index (χ0n) is 12.8. The first-order valence-corrected chi connectivity index (χ1v) is 7.22. The van der Waals surface area contributed by atoms with Crippen LogP contribution in [-0.4, -0.2) is 18.2 Å². The van der Waals surface area contributed by atoms with Crippen LogP contribution in [-0.2, 0) is 11.2 Å². The van der Waals surface area contributed by atoms with Gasteiger partial charge >= 0.3 is 6.09 Å². The Morgan fingerprint density at radius 1 is 1.43 bits per heavy atom. The van der Waals surface area contributed by atoms with Gasteiger partial charge in [0.2, 0.25) is 0 Å². The molecule has 0 radical (unpaired) electrons. The molecule has 0 saturated heterocycles. The van der Waals surface area contributed by atoms with E-state index in [1.165, 1.54) is 12.1 Å².